The van der Waals surface area contributed by atoms with E-state index >= 15 is 0 Å². The molecule has 0 atom stereocenters. The molecule has 1 heterocycles. The van der Waals surface area contributed by atoms with E-state index in [0.29, 0.717) is 11.2 Å². The van der Waals surface area contributed by atoms with Crippen LogP contribution in [0.4, 0.5) is 5.69 Å². The number of nitrogens with one attached hydrogen (secondary N) is 1. The van der Waals surface area contributed by atoms with Crippen molar-refractivity contribution >= 4 is 44.1 Å². The first-order valence-electron chi connectivity index (χ1n) is 7.68. The molecule has 0 aliphatic heterocycles. The number of pyridine rings is 1. The molecule has 134 valence electrons. The van der Waals surface area contributed by atoms with E-state index in [1.165, 1.54) is 32.3 Å². The van der Waals surface area contributed by atoms with E-state index in [1.54, 1.807) is 12.1 Å². The highest BCUT2D eigenvalue weighted by atomic mass is 35.5. The van der Waals surface area contributed by atoms with E-state index in [2.05, 4.69) is 10.3 Å². The Morgan fingerprint density at radius 2 is 1.81 bits per heavy atom. The number of aromatic nitrogens is 1. The summed E-state index contributed by atoms with van der Waals surface area (Å²) in [5.41, 5.74) is 1.25. The van der Waals surface area contributed by atoms with Gasteiger partial charge in [0.05, 0.1) is 10.5 Å². The van der Waals surface area contributed by atoms with Crippen molar-refractivity contribution in [2.75, 3.05) is 19.4 Å². The molecule has 1 amide bonds. The summed E-state index contributed by atoms with van der Waals surface area (Å²) in [6.45, 7) is 0. The van der Waals surface area contributed by atoms with Gasteiger partial charge in [0.2, 0.25) is 10.0 Å². The van der Waals surface area contributed by atoms with Crippen LogP contribution in [0.25, 0.3) is 10.9 Å². The van der Waals surface area contributed by atoms with E-state index in [4.69, 9.17) is 11.6 Å². The zero-order valence-electron chi connectivity index (χ0n) is 14.1. The minimum Gasteiger partial charge on any atom is -0.321 e. The van der Waals surface area contributed by atoms with Gasteiger partial charge in [-0.25, -0.2) is 17.7 Å². The fourth-order valence-corrected chi connectivity index (χ4v) is 3.76. The summed E-state index contributed by atoms with van der Waals surface area (Å²) in [5.74, 6) is -0.439. The van der Waals surface area contributed by atoms with E-state index in [1.807, 2.05) is 24.3 Å². The van der Waals surface area contributed by atoms with E-state index in [9.17, 15) is 13.2 Å². The molecular formula is C18H16ClN3O3S. The molecule has 3 aromatic rings. The average Bonchev–Trinajstić information content (AvgIpc) is 2.62. The number of hydrogen-bond donors (Lipinski definition) is 1. The maximum atomic E-state index is 12.5. The van der Waals surface area contributed by atoms with Crippen LogP contribution in [-0.2, 0) is 10.0 Å². The second kappa shape index (κ2) is 7.03. The molecule has 0 radical (unpaired) electrons. The largest absolute Gasteiger partial charge is 0.321 e. The van der Waals surface area contributed by atoms with Crippen LogP contribution in [0, 0.1) is 0 Å². The predicted octanol–water partition coefficient (Wildman–Crippen LogP) is 3.39. The number of para-hydroxylation sites is 1. The van der Waals surface area contributed by atoms with Crippen LogP contribution in [0.5, 0.6) is 0 Å². The van der Waals surface area contributed by atoms with Crippen molar-refractivity contribution in [1.82, 2.24) is 9.29 Å². The number of carbonyl (C=O) groups excluding carboxylic acids is 1. The van der Waals surface area contributed by atoms with Crippen molar-refractivity contribution in [2.45, 2.75) is 4.90 Å². The molecule has 1 aromatic heterocycles. The van der Waals surface area contributed by atoms with Gasteiger partial charge in [-0.3, -0.25) is 4.79 Å². The van der Waals surface area contributed by atoms with Crippen LogP contribution in [-0.4, -0.2) is 37.7 Å². The standard InChI is InChI=1S/C18H16ClN3O3S/c1-22(2)26(24,25)17-11-13(8-9-14(17)19)20-18(23)16-10-7-12-5-3-4-6-15(12)21-16/h3-11H,1-2H3,(H,20,23). The number of carbonyl (C=O) groups is 1. The highest BCUT2D eigenvalue weighted by molar-refractivity contribution is 7.89. The Morgan fingerprint density at radius 3 is 2.54 bits per heavy atom. The highest BCUT2D eigenvalue weighted by Gasteiger charge is 2.21. The van der Waals surface area contributed by atoms with Gasteiger partial charge in [-0.2, -0.15) is 0 Å². The first-order chi connectivity index (χ1) is 12.3. The third-order valence-corrected chi connectivity index (χ3v) is 6.08. The first kappa shape index (κ1) is 18.3. The van der Waals surface area contributed by atoms with Crippen molar-refractivity contribution in [3.05, 3.63) is 65.3 Å². The van der Waals surface area contributed by atoms with E-state index in [-0.39, 0.29) is 15.6 Å². The van der Waals surface area contributed by atoms with Gasteiger partial charge in [0.25, 0.3) is 5.91 Å². The molecule has 0 bridgehead atoms. The maximum absolute atomic E-state index is 12.5. The van der Waals surface area contributed by atoms with E-state index < -0.39 is 15.9 Å². The van der Waals surface area contributed by atoms with Gasteiger partial charge in [0, 0.05) is 25.2 Å². The van der Waals surface area contributed by atoms with Crippen molar-refractivity contribution < 1.29 is 13.2 Å². The summed E-state index contributed by atoms with van der Waals surface area (Å²) in [4.78, 5) is 16.7. The quantitative estimate of drug-likeness (QED) is 0.741. The van der Waals surface area contributed by atoms with Crippen molar-refractivity contribution in [1.29, 1.82) is 0 Å². The number of amides is 1. The van der Waals surface area contributed by atoms with Gasteiger partial charge < -0.3 is 5.32 Å². The van der Waals surface area contributed by atoms with Gasteiger partial charge in [-0.1, -0.05) is 35.9 Å². The normalized spacial score (nSPS) is 11.7. The maximum Gasteiger partial charge on any atom is 0.274 e. The number of sulfonamides is 1. The fourth-order valence-electron chi connectivity index (χ4n) is 2.36. The number of fused-ring (bicyclic) bond motifs is 1. The van der Waals surface area contributed by atoms with Gasteiger partial charge >= 0.3 is 0 Å². The summed E-state index contributed by atoms with van der Waals surface area (Å²) < 4.78 is 25.7. The molecule has 26 heavy (non-hydrogen) atoms. The first-order valence-corrected chi connectivity index (χ1v) is 9.50. The summed E-state index contributed by atoms with van der Waals surface area (Å²) in [5, 5.41) is 3.67. The van der Waals surface area contributed by atoms with Gasteiger partial charge in [-0.05, 0) is 30.3 Å². The molecule has 8 heteroatoms. The Labute approximate surface area is 156 Å². The summed E-state index contributed by atoms with van der Waals surface area (Å²) >= 11 is 6.01. The Balaban J connectivity index is 1.91. The number of nitrogens with zero attached hydrogens (tertiary/aromatic N) is 2. The number of rotatable bonds is 4. The summed E-state index contributed by atoms with van der Waals surface area (Å²) in [7, 11) is -0.900. The zero-order valence-corrected chi connectivity index (χ0v) is 15.7. The fraction of sp³-hybridized carbons (Fsp3) is 0.111. The van der Waals surface area contributed by atoms with Crippen LogP contribution in [0.1, 0.15) is 10.5 Å². The van der Waals surface area contributed by atoms with Crippen molar-refractivity contribution in [3.63, 3.8) is 0 Å². The van der Waals surface area contributed by atoms with Crippen LogP contribution in [0.15, 0.2) is 59.5 Å². The smallest absolute Gasteiger partial charge is 0.274 e. The molecule has 0 unspecified atom stereocenters. The lowest BCUT2D eigenvalue weighted by Crippen LogP contribution is -2.23. The lowest BCUT2D eigenvalue weighted by Gasteiger charge is -2.14. The van der Waals surface area contributed by atoms with E-state index in [0.717, 1.165) is 9.69 Å². The van der Waals surface area contributed by atoms with Crippen LogP contribution >= 0.6 is 11.6 Å². The number of halogens is 1. The second-order valence-corrected chi connectivity index (χ2v) is 8.30. The van der Waals surface area contributed by atoms with Gasteiger partial charge in [0.1, 0.15) is 10.6 Å². The molecule has 0 saturated heterocycles. The summed E-state index contributed by atoms with van der Waals surface area (Å²) in [6, 6.07) is 15.2. The molecule has 0 fully saturated rings. The monoisotopic (exact) mass is 389 g/mol. The highest BCUT2D eigenvalue weighted by Crippen LogP contribution is 2.27. The lowest BCUT2D eigenvalue weighted by molar-refractivity contribution is 0.102. The Kier molecular flexibility index (Phi) is 4.95. The van der Waals surface area contributed by atoms with Gasteiger partial charge in [0.15, 0.2) is 0 Å². The Hall–Kier alpha value is -2.48. The molecule has 1 N–H and O–H groups in total. The molecule has 2 aromatic carbocycles. The number of benzene rings is 2. The predicted molar refractivity (Wildman–Crippen MR) is 102 cm³/mol. The SMILES string of the molecule is CN(C)S(=O)(=O)c1cc(NC(=O)c2ccc3ccccc3n2)ccc1Cl. The van der Waals surface area contributed by atoms with Crippen molar-refractivity contribution in [2.24, 2.45) is 0 Å². The van der Waals surface area contributed by atoms with Gasteiger partial charge in [-0.15, -0.1) is 0 Å². The molecule has 0 aliphatic rings. The van der Waals surface area contributed by atoms with Crippen LogP contribution in [0.2, 0.25) is 5.02 Å². The Bertz CT molecular complexity index is 1100. The second-order valence-electron chi connectivity index (χ2n) is 5.78. The number of anilines is 1. The third-order valence-electron chi connectivity index (χ3n) is 3.78. The van der Waals surface area contributed by atoms with Crippen LogP contribution in [0.3, 0.4) is 0 Å². The molecule has 0 spiro atoms. The third kappa shape index (κ3) is 3.55. The minimum atomic E-state index is -3.72. The Morgan fingerprint density at radius 1 is 1.08 bits per heavy atom. The topological polar surface area (TPSA) is 79.4 Å². The van der Waals surface area contributed by atoms with Crippen molar-refractivity contribution in [3.8, 4) is 0 Å². The van der Waals surface area contributed by atoms with Crippen LogP contribution < -0.4 is 5.32 Å². The summed E-state index contributed by atoms with van der Waals surface area (Å²) in [6.07, 6.45) is 0. The number of hydrogen-bond acceptors (Lipinski definition) is 4. The molecular weight excluding hydrogens is 374 g/mol. The molecule has 3 rings (SSSR count). The minimum absolute atomic E-state index is 0.0755. The average molecular weight is 390 g/mol. The molecule has 6 nitrogen and oxygen atoms in total. The molecule has 0 aliphatic carbocycles. The lowest BCUT2D eigenvalue weighted by atomic mass is 10.2. The molecule has 0 saturated carbocycles. The zero-order chi connectivity index (χ0) is 18.9.